The molecule has 0 unspecified atom stereocenters. The molecule has 0 bridgehead atoms. The van der Waals surface area contributed by atoms with Crippen molar-refractivity contribution in [2.45, 2.75) is 66.0 Å². The maximum absolute atomic E-state index is 13.6. The average molecular weight is 400 g/mol. The van der Waals surface area contributed by atoms with Crippen molar-refractivity contribution in [3.8, 4) is 0 Å². The highest BCUT2D eigenvalue weighted by Crippen LogP contribution is 2.55. The van der Waals surface area contributed by atoms with Gasteiger partial charge in [0.25, 0.3) is 0 Å². The van der Waals surface area contributed by atoms with Gasteiger partial charge in [0.2, 0.25) is 5.91 Å². The van der Waals surface area contributed by atoms with Gasteiger partial charge >= 0.3 is 0 Å². The van der Waals surface area contributed by atoms with Crippen LogP contribution in [0.2, 0.25) is 0 Å². The Morgan fingerprint density at radius 3 is 2.52 bits per heavy atom. The topological polar surface area (TPSA) is 83.5 Å². The molecule has 0 aromatic carbocycles. The van der Waals surface area contributed by atoms with Gasteiger partial charge < -0.3 is 10.4 Å². The van der Waals surface area contributed by atoms with Gasteiger partial charge in [0.1, 0.15) is 11.5 Å². The molecule has 0 aromatic heterocycles. The van der Waals surface area contributed by atoms with Crippen LogP contribution in [-0.4, -0.2) is 34.7 Å². The lowest BCUT2D eigenvalue weighted by molar-refractivity contribution is -0.142. The van der Waals surface area contributed by atoms with Gasteiger partial charge in [-0.1, -0.05) is 44.1 Å². The standard InChI is InChI=1S/C24H33NO4/c1-13(2)10-18-22-16(5)15(4)12-17-11-14(3)6-7-19(26)20(27)8-9-21(28)24(17,22)23(29)25-18/h8-9,11-13,16-19,22,26H,6-7,10H2,1-5H3,(H,25,29)/b9-8+,14-11+/t16-,17+,18+,19+,22+,24+/m1/s1. The van der Waals surface area contributed by atoms with Crippen LogP contribution in [0.25, 0.3) is 0 Å². The van der Waals surface area contributed by atoms with Crippen LogP contribution in [0.15, 0.2) is 35.5 Å². The minimum Gasteiger partial charge on any atom is -0.385 e. The van der Waals surface area contributed by atoms with E-state index < -0.39 is 17.3 Å². The molecule has 0 aromatic rings. The maximum Gasteiger partial charge on any atom is 0.235 e. The van der Waals surface area contributed by atoms with Crippen LogP contribution in [0.4, 0.5) is 0 Å². The Bertz CT molecular complexity index is 806. The number of amides is 1. The summed E-state index contributed by atoms with van der Waals surface area (Å²) < 4.78 is 0. The highest BCUT2D eigenvalue weighted by molar-refractivity contribution is 6.15. The van der Waals surface area contributed by atoms with Gasteiger partial charge in [-0.2, -0.15) is 0 Å². The second-order valence-corrected chi connectivity index (χ2v) is 9.50. The van der Waals surface area contributed by atoms with Gasteiger partial charge in [-0.15, -0.1) is 0 Å². The molecule has 0 saturated carbocycles. The predicted octanol–water partition coefficient (Wildman–Crippen LogP) is 3.14. The van der Waals surface area contributed by atoms with Crippen molar-refractivity contribution in [3.63, 3.8) is 0 Å². The largest absolute Gasteiger partial charge is 0.385 e. The molecule has 1 aliphatic heterocycles. The molecule has 1 heterocycles. The lowest BCUT2D eigenvalue weighted by Gasteiger charge is -2.44. The van der Waals surface area contributed by atoms with Crippen LogP contribution in [0.3, 0.4) is 0 Å². The first kappa shape index (κ1) is 21.7. The number of aliphatic hydroxyl groups excluding tert-OH is 1. The molecule has 3 aliphatic rings. The molecular formula is C24H33NO4. The van der Waals surface area contributed by atoms with E-state index in [0.29, 0.717) is 18.8 Å². The summed E-state index contributed by atoms with van der Waals surface area (Å²) in [5.74, 6) is -1.12. The molecule has 1 amide bonds. The van der Waals surface area contributed by atoms with Gasteiger partial charge in [-0.25, -0.2) is 0 Å². The Hall–Kier alpha value is -2.01. The molecule has 158 valence electrons. The predicted molar refractivity (Wildman–Crippen MR) is 112 cm³/mol. The summed E-state index contributed by atoms with van der Waals surface area (Å²) in [6.07, 6.45) is 7.00. The van der Waals surface area contributed by atoms with E-state index in [9.17, 15) is 19.5 Å². The quantitative estimate of drug-likeness (QED) is 0.552. The molecule has 1 saturated heterocycles. The van der Waals surface area contributed by atoms with E-state index in [1.807, 2.05) is 13.0 Å². The van der Waals surface area contributed by atoms with Crippen molar-refractivity contribution >= 4 is 17.5 Å². The first-order chi connectivity index (χ1) is 13.6. The minimum absolute atomic E-state index is 0.0754. The summed E-state index contributed by atoms with van der Waals surface area (Å²) in [6.45, 7) is 10.3. The molecule has 1 spiro atoms. The monoisotopic (exact) mass is 399 g/mol. The van der Waals surface area contributed by atoms with Gasteiger partial charge in [-0.05, 0) is 57.1 Å². The summed E-state index contributed by atoms with van der Waals surface area (Å²) in [4.78, 5) is 39.3. The third-order valence-corrected chi connectivity index (χ3v) is 7.01. The second-order valence-electron chi connectivity index (χ2n) is 9.50. The van der Waals surface area contributed by atoms with Crippen molar-refractivity contribution in [2.75, 3.05) is 0 Å². The molecule has 0 radical (unpaired) electrons. The summed E-state index contributed by atoms with van der Waals surface area (Å²) >= 11 is 0. The van der Waals surface area contributed by atoms with E-state index in [1.165, 1.54) is 11.6 Å². The molecule has 29 heavy (non-hydrogen) atoms. The Balaban J connectivity index is 2.21. The van der Waals surface area contributed by atoms with Crippen LogP contribution in [0.5, 0.6) is 0 Å². The third-order valence-electron chi connectivity index (χ3n) is 7.01. The number of allylic oxidation sites excluding steroid dienone is 5. The van der Waals surface area contributed by atoms with E-state index in [4.69, 9.17) is 0 Å². The lowest BCUT2D eigenvalue weighted by Crippen LogP contribution is -2.51. The maximum atomic E-state index is 13.6. The molecule has 6 atom stereocenters. The van der Waals surface area contributed by atoms with Crippen LogP contribution >= 0.6 is 0 Å². The van der Waals surface area contributed by atoms with Gasteiger partial charge in [0, 0.05) is 17.9 Å². The first-order valence-corrected chi connectivity index (χ1v) is 10.7. The third kappa shape index (κ3) is 3.65. The minimum atomic E-state index is -1.24. The molecule has 3 rings (SSSR count). The zero-order chi connectivity index (χ0) is 21.5. The van der Waals surface area contributed by atoms with Gasteiger partial charge in [0.15, 0.2) is 11.6 Å². The first-order valence-electron chi connectivity index (χ1n) is 10.7. The molecule has 5 heteroatoms. The van der Waals surface area contributed by atoms with Crippen molar-refractivity contribution in [2.24, 2.45) is 29.1 Å². The Kier molecular flexibility index (Phi) is 6.00. The highest BCUT2D eigenvalue weighted by atomic mass is 16.3. The zero-order valence-corrected chi connectivity index (χ0v) is 18.1. The van der Waals surface area contributed by atoms with Crippen LogP contribution in [0.1, 0.15) is 53.9 Å². The number of carbonyl (C=O) groups excluding carboxylic acids is 3. The molecule has 2 aliphatic carbocycles. The Morgan fingerprint density at radius 2 is 1.86 bits per heavy atom. The van der Waals surface area contributed by atoms with E-state index in [-0.39, 0.29) is 35.5 Å². The SMILES string of the molecule is CC1=C[C@@H]2/C=C(\C)CC[C@H](O)C(=O)/C=C/C(=O)[C@@]23C(=O)N[C@@H](CC(C)C)[C@@H]3[C@@H]1C. The van der Waals surface area contributed by atoms with E-state index in [2.05, 4.69) is 39.1 Å². The van der Waals surface area contributed by atoms with E-state index >= 15 is 0 Å². The smallest absolute Gasteiger partial charge is 0.235 e. The summed E-state index contributed by atoms with van der Waals surface area (Å²) in [6, 6.07) is -0.0823. The zero-order valence-electron chi connectivity index (χ0n) is 18.1. The molecule has 5 nitrogen and oxygen atoms in total. The van der Waals surface area contributed by atoms with Crippen molar-refractivity contribution in [1.82, 2.24) is 5.32 Å². The van der Waals surface area contributed by atoms with E-state index in [1.54, 1.807) is 0 Å². The van der Waals surface area contributed by atoms with Crippen LogP contribution in [0, 0.1) is 29.1 Å². The number of ketones is 2. The lowest BCUT2D eigenvalue weighted by atomic mass is 9.55. The van der Waals surface area contributed by atoms with E-state index in [0.717, 1.165) is 18.1 Å². The number of hydrogen-bond acceptors (Lipinski definition) is 4. The highest BCUT2D eigenvalue weighted by Gasteiger charge is 2.64. The summed E-state index contributed by atoms with van der Waals surface area (Å²) in [7, 11) is 0. The van der Waals surface area contributed by atoms with Crippen LogP contribution in [-0.2, 0) is 14.4 Å². The van der Waals surface area contributed by atoms with Gasteiger partial charge in [-0.3, -0.25) is 14.4 Å². The molecule has 2 N–H and O–H groups in total. The number of nitrogens with one attached hydrogen (secondary N) is 1. The summed E-state index contributed by atoms with van der Waals surface area (Å²) in [5, 5.41) is 13.2. The second kappa shape index (κ2) is 8.02. The fraction of sp³-hybridized carbons (Fsp3) is 0.625. The molecular weight excluding hydrogens is 366 g/mol. The van der Waals surface area contributed by atoms with Crippen LogP contribution < -0.4 is 5.32 Å². The fourth-order valence-corrected chi connectivity index (χ4v) is 5.45. The number of hydrogen-bond donors (Lipinski definition) is 2. The van der Waals surface area contributed by atoms with Crippen molar-refractivity contribution in [1.29, 1.82) is 0 Å². The Labute approximate surface area is 173 Å². The number of rotatable bonds is 2. The normalized spacial score (nSPS) is 40.9. The average Bonchev–Trinajstić information content (AvgIpc) is 2.93. The number of carbonyl (C=O) groups is 3. The summed E-state index contributed by atoms with van der Waals surface area (Å²) in [5.41, 5.74) is 0.923. The van der Waals surface area contributed by atoms with Crippen molar-refractivity contribution < 1.29 is 19.5 Å². The van der Waals surface area contributed by atoms with Gasteiger partial charge in [0.05, 0.1) is 0 Å². The number of aliphatic hydroxyl groups is 1. The molecule has 1 fully saturated rings. The fourth-order valence-electron chi connectivity index (χ4n) is 5.45. The van der Waals surface area contributed by atoms with Crippen molar-refractivity contribution in [3.05, 3.63) is 35.5 Å². The Morgan fingerprint density at radius 1 is 1.17 bits per heavy atom.